The quantitative estimate of drug-likeness (QED) is 0.855. The second-order valence-electron chi connectivity index (χ2n) is 2.55. The zero-order valence-electron chi connectivity index (χ0n) is 6.61. The van der Waals surface area contributed by atoms with Crippen molar-refractivity contribution >= 4 is 38.1 Å². The van der Waals surface area contributed by atoms with E-state index in [-0.39, 0.29) is 5.82 Å². The summed E-state index contributed by atoms with van der Waals surface area (Å²) in [5.41, 5.74) is 0.885. The third kappa shape index (κ3) is 1.17. The summed E-state index contributed by atoms with van der Waals surface area (Å²) in [5.74, 6) is -0.956. The van der Waals surface area contributed by atoms with Crippen LogP contribution in [0, 0.1) is 6.92 Å². The summed E-state index contributed by atoms with van der Waals surface area (Å²) in [4.78, 5) is 15.5. The molecule has 0 aliphatic carbocycles. The van der Waals surface area contributed by atoms with Crippen LogP contribution in [0.3, 0.4) is 0 Å². The number of rotatable bonds is 1. The normalized spacial score (nSPS) is 10.9. The molecular weight excluding hydrogens is 256 g/mol. The van der Waals surface area contributed by atoms with Gasteiger partial charge in [0.05, 0.1) is 0 Å². The van der Waals surface area contributed by atoms with Crippen LogP contribution in [0.1, 0.15) is 16.3 Å². The van der Waals surface area contributed by atoms with E-state index in [1.807, 2.05) is 12.3 Å². The number of hydrogen-bond acceptors (Lipinski definition) is 3. The first-order chi connectivity index (χ1) is 6.11. The molecule has 0 bridgehead atoms. The molecule has 68 valence electrons. The fourth-order valence-corrected chi connectivity index (χ4v) is 2.64. The summed E-state index contributed by atoms with van der Waals surface area (Å²) in [6.45, 7) is 1.85. The van der Waals surface area contributed by atoms with Gasteiger partial charge >= 0.3 is 5.97 Å². The lowest BCUT2D eigenvalue weighted by Crippen LogP contribution is -2.03. The van der Waals surface area contributed by atoms with Crippen LogP contribution in [0.4, 0.5) is 0 Å². The molecule has 0 unspecified atom stereocenters. The summed E-state index contributed by atoms with van der Waals surface area (Å²) in [6, 6.07) is 0. The molecule has 2 aromatic rings. The smallest absolute Gasteiger partial charge is 0.372 e. The van der Waals surface area contributed by atoms with Crippen LogP contribution in [-0.4, -0.2) is 20.5 Å². The zero-order valence-corrected chi connectivity index (χ0v) is 9.02. The highest BCUT2D eigenvalue weighted by Gasteiger charge is 2.17. The van der Waals surface area contributed by atoms with Crippen LogP contribution in [0.15, 0.2) is 9.98 Å². The molecular formula is C7H5BrN2O2S. The maximum Gasteiger partial charge on any atom is 0.372 e. The lowest BCUT2D eigenvalue weighted by Gasteiger charge is -1.91. The van der Waals surface area contributed by atoms with Gasteiger partial charge in [0.15, 0.2) is 0 Å². The average molecular weight is 261 g/mol. The molecule has 0 amide bonds. The second-order valence-corrected chi connectivity index (χ2v) is 4.16. The highest BCUT2D eigenvalue weighted by atomic mass is 79.9. The third-order valence-corrected chi connectivity index (χ3v) is 3.55. The van der Waals surface area contributed by atoms with E-state index in [1.165, 1.54) is 11.3 Å². The highest BCUT2D eigenvalue weighted by molar-refractivity contribution is 9.10. The molecule has 0 atom stereocenters. The Morgan fingerprint density at radius 2 is 2.46 bits per heavy atom. The minimum atomic E-state index is -1.01. The summed E-state index contributed by atoms with van der Waals surface area (Å²) < 4.78 is 2.21. The Bertz CT molecular complexity index is 488. The molecule has 0 aliphatic heterocycles. The SMILES string of the molecule is Cc1csc2c(Br)nc(C(=O)O)n12. The van der Waals surface area contributed by atoms with Gasteiger partial charge in [0, 0.05) is 11.1 Å². The number of aromatic nitrogens is 2. The average Bonchev–Trinajstić information content (AvgIpc) is 2.55. The third-order valence-electron chi connectivity index (χ3n) is 1.68. The van der Waals surface area contributed by atoms with E-state index in [9.17, 15) is 4.79 Å². The van der Waals surface area contributed by atoms with Crippen molar-refractivity contribution in [3.8, 4) is 0 Å². The van der Waals surface area contributed by atoms with Crippen molar-refractivity contribution in [1.82, 2.24) is 9.38 Å². The van der Waals surface area contributed by atoms with Gasteiger partial charge in [0.25, 0.3) is 0 Å². The monoisotopic (exact) mass is 260 g/mol. The Morgan fingerprint density at radius 1 is 1.77 bits per heavy atom. The Hall–Kier alpha value is -0.880. The van der Waals surface area contributed by atoms with Crippen LogP contribution < -0.4 is 0 Å². The number of aryl methyl sites for hydroxylation is 1. The first-order valence-electron chi connectivity index (χ1n) is 3.46. The molecule has 6 heteroatoms. The predicted molar refractivity (Wildman–Crippen MR) is 52.5 cm³/mol. The molecule has 2 rings (SSSR count). The number of aromatic carboxylic acids is 1. The molecule has 2 heterocycles. The number of nitrogens with zero attached hydrogens (tertiary/aromatic N) is 2. The fraction of sp³-hybridized carbons (Fsp3) is 0.143. The molecule has 4 nitrogen and oxygen atoms in total. The number of carboxylic acid groups (broad SMARTS) is 1. The topological polar surface area (TPSA) is 54.6 Å². The van der Waals surface area contributed by atoms with Gasteiger partial charge in [-0.05, 0) is 22.9 Å². The number of thiazole rings is 1. The summed E-state index contributed by atoms with van der Waals surface area (Å²) in [7, 11) is 0. The van der Waals surface area contributed by atoms with E-state index in [0.717, 1.165) is 10.5 Å². The number of fused-ring (bicyclic) bond motifs is 1. The van der Waals surface area contributed by atoms with Gasteiger partial charge in [-0.2, -0.15) is 0 Å². The Morgan fingerprint density at radius 3 is 3.08 bits per heavy atom. The first-order valence-corrected chi connectivity index (χ1v) is 5.14. The van der Waals surface area contributed by atoms with Gasteiger partial charge in [-0.15, -0.1) is 11.3 Å². The molecule has 13 heavy (non-hydrogen) atoms. The Balaban J connectivity index is 2.89. The Kier molecular flexibility index (Phi) is 1.88. The Labute approximate surface area is 86.0 Å². The highest BCUT2D eigenvalue weighted by Crippen LogP contribution is 2.26. The molecule has 0 saturated carbocycles. The lowest BCUT2D eigenvalue weighted by molar-refractivity contribution is 0.0682. The number of carboxylic acids is 1. The van der Waals surface area contributed by atoms with Crippen molar-refractivity contribution in [2.75, 3.05) is 0 Å². The van der Waals surface area contributed by atoms with Gasteiger partial charge in [-0.25, -0.2) is 9.78 Å². The van der Waals surface area contributed by atoms with E-state index in [2.05, 4.69) is 20.9 Å². The van der Waals surface area contributed by atoms with Crippen LogP contribution in [0.25, 0.3) is 4.83 Å². The number of halogens is 1. The van der Waals surface area contributed by atoms with Crippen LogP contribution >= 0.6 is 27.3 Å². The molecule has 0 saturated heterocycles. The molecule has 1 N–H and O–H groups in total. The number of imidazole rings is 1. The van der Waals surface area contributed by atoms with Crippen LogP contribution in [0.2, 0.25) is 0 Å². The fourth-order valence-electron chi connectivity index (χ4n) is 1.15. The van der Waals surface area contributed by atoms with Gasteiger partial charge in [-0.1, -0.05) is 0 Å². The van der Waals surface area contributed by atoms with Gasteiger partial charge in [0.1, 0.15) is 9.43 Å². The van der Waals surface area contributed by atoms with Crippen molar-refractivity contribution in [3.63, 3.8) is 0 Å². The second kappa shape index (κ2) is 2.81. The van der Waals surface area contributed by atoms with Gasteiger partial charge in [-0.3, -0.25) is 4.40 Å². The molecule has 2 aromatic heterocycles. The van der Waals surface area contributed by atoms with Crippen molar-refractivity contribution in [3.05, 3.63) is 21.5 Å². The maximum atomic E-state index is 10.8. The summed E-state index contributed by atoms with van der Waals surface area (Å²) in [5, 5.41) is 10.7. The van der Waals surface area contributed by atoms with E-state index in [1.54, 1.807) is 4.40 Å². The van der Waals surface area contributed by atoms with Crippen LogP contribution in [-0.2, 0) is 0 Å². The minimum absolute atomic E-state index is 0.0561. The van der Waals surface area contributed by atoms with Gasteiger partial charge in [0.2, 0.25) is 5.82 Å². The molecule has 0 fully saturated rings. The lowest BCUT2D eigenvalue weighted by atomic mass is 10.5. The molecule has 0 aliphatic rings. The van der Waals surface area contributed by atoms with E-state index in [0.29, 0.717) is 4.60 Å². The van der Waals surface area contributed by atoms with Crippen molar-refractivity contribution < 1.29 is 9.90 Å². The standard InChI is InChI=1S/C7H5BrN2O2S/c1-3-2-13-6-4(8)9-5(7(11)12)10(3)6/h2H,1H3,(H,11,12). The summed E-state index contributed by atoms with van der Waals surface area (Å²) >= 11 is 4.68. The van der Waals surface area contributed by atoms with Gasteiger partial charge < -0.3 is 5.11 Å². The van der Waals surface area contributed by atoms with E-state index < -0.39 is 5.97 Å². The zero-order chi connectivity index (χ0) is 9.59. The predicted octanol–water partition coefficient (Wildman–Crippen LogP) is 2.16. The van der Waals surface area contributed by atoms with E-state index in [4.69, 9.17) is 5.11 Å². The molecule has 0 aromatic carbocycles. The first kappa shape index (κ1) is 8.71. The van der Waals surface area contributed by atoms with E-state index >= 15 is 0 Å². The maximum absolute atomic E-state index is 10.8. The number of carbonyl (C=O) groups is 1. The largest absolute Gasteiger partial charge is 0.475 e. The minimum Gasteiger partial charge on any atom is -0.475 e. The summed E-state index contributed by atoms with van der Waals surface area (Å²) in [6.07, 6.45) is 0. The van der Waals surface area contributed by atoms with Crippen molar-refractivity contribution in [2.45, 2.75) is 6.92 Å². The number of hydrogen-bond donors (Lipinski definition) is 1. The molecule has 0 radical (unpaired) electrons. The van der Waals surface area contributed by atoms with Crippen molar-refractivity contribution in [2.24, 2.45) is 0 Å². The van der Waals surface area contributed by atoms with Crippen molar-refractivity contribution in [1.29, 1.82) is 0 Å². The van der Waals surface area contributed by atoms with Crippen LogP contribution in [0.5, 0.6) is 0 Å². The molecule has 0 spiro atoms.